The summed E-state index contributed by atoms with van der Waals surface area (Å²) in [5, 5.41) is 4.36. The van der Waals surface area contributed by atoms with Crippen molar-refractivity contribution in [2.75, 3.05) is 5.73 Å². The first-order chi connectivity index (χ1) is 7.61. The van der Waals surface area contributed by atoms with E-state index in [1.165, 1.54) is 5.56 Å². The highest BCUT2D eigenvalue weighted by molar-refractivity contribution is 5.50. The Labute approximate surface area is 95.9 Å². The van der Waals surface area contributed by atoms with Crippen molar-refractivity contribution in [2.45, 2.75) is 26.7 Å². The van der Waals surface area contributed by atoms with Gasteiger partial charge >= 0.3 is 0 Å². The summed E-state index contributed by atoms with van der Waals surface area (Å²) in [6.45, 7) is 6.30. The molecule has 0 aliphatic rings. The van der Waals surface area contributed by atoms with Crippen LogP contribution in [0.5, 0.6) is 0 Å². The molecule has 3 heteroatoms. The van der Waals surface area contributed by atoms with E-state index in [2.05, 4.69) is 31.9 Å². The molecule has 1 heterocycles. The Bertz CT molecular complexity index is 498. The van der Waals surface area contributed by atoms with Gasteiger partial charge in [0.1, 0.15) is 5.82 Å². The number of rotatable bonds is 2. The molecule has 0 aliphatic carbocycles. The lowest BCUT2D eigenvalue weighted by Crippen LogP contribution is -2.05. The van der Waals surface area contributed by atoms with Crippen molar-refractivity contribution in [1.29, 1.82) is 0 Å². The predicted molar refractivity (Wildman–Crippen MR) is 66.8 cm³/mol. The average Bonchev–Trinajstić information content (AvgIpc) is 2.61. The van der Waals surface area contributed by atoms with Gasteiger partial charge in [0.15, 0.2) is 0 Å². The Morgan fingerprint density at radius 2 is 1.94 bits per heavy atom. The summed E-state index contributed by atoms with van der Waals surface area (Å²) in [4.78, 5) is 0. The number of nitrogens with zero attached hydrogens (tertiary/aromatic N) is 2. The van der Waals surface area contributed by atoms with E-state index in [-0.39, 0.29) is 0 Å². The van der Waals surface area contributed by atoms with Crippen LogP contribution in [0.3, 0.4) is 0 Å². The van der Waals surface area contributed by atoms with Crippen LogP contribution in [0.4, 0.5) is 5.82 Å². The molecule has 0 saturated carbocycles. The van der Waals surface area contributed by atoms with Crippen molar-refractivity contribution >= 4 is 5.82 Å². The van der Waals surface area contributed by atoms with Gasteiger partial charge in [-0.1, -0.05) is 32.0 Å². The van der Waals surface area contributed by atoms with Gasteiger partial charge in [0.05, 0.1) is 11.9 Å². The van der Waals surface area contributed by atoms with Crippen molar-refractivity contribution < 1.29 is 0 Å². The average molecular weight is 215 g/mol. The fourth-order valence-corrected chi connectivity index (χ4v) is 1.81. The molecule has 0 unspecified atom stereocenters. The van der Waals surface area contributed by atoms with Crippen LogP contribution in [0, 0.1) is 6.92 Å². The van der Waals surface area contributed by atoms with E-state index >= 15 is 0 Å². The van der Waals surface area contributed by atoms with Gasteiger partial charge in [-0.25, -0.2) is 4.68 Å². The molecule has 0 amide bonds. The highest BCUT2D eigenvalue weighted by Gasteiger charge is 2.12. The predicted octanol–water partition coefficient (Wildman–Crippen LogP) is 2.89. The van der Waals surface area contributed by atoms with Crippen molar-refractivity contribution in [3.8, 4) is 5.69 Å². The van der Waals surface area contributed by atoms with E-state index in [0.717, 1.165) is 17.1 Å². The third-order valence-corrected chi connectivity index (χ3v) is 2.80. The molecule has 2 N–H and O–H groups in total. The molecular formula is C13H17N3. The molecule has 16 heavy (non-hydrogen) atoms. The van der Waals surface area contributed by atoms with E-state index in [1.54, 1.807) is 0 Å². The Hall–Kier alpha value is -1.77. The molecule has 2 rings (SSSR count). The van der Waals surface area contributed by atoms with E-state index in [1.807, 2.05) is 29.1 Å². The largest absolute Gasteiger partial charge is 0.383 e. The Morgan fingerprint density at radius 3 is 2.50 bits per heavy atom. The Balaban J connectivity index is 2.54. The number of nitrogen functional groups attached to an aromatic ring is 1. The third kappa shape index (κ3) is 1.69. The standard InChI is InChI=1S/C13H17N3/c1-9(2)11-8-15-16(13(11)14)12-7-5-4-6-10(12)3/h4-9H,14H2,1-3H3. The van der Waals surface area contributed by atoms with Crippen LogP contribution in [0.2, 0.25) is 0 Å². The normalized spacial score (nSPS) is 11.0. The van der Waals surface area contributed by atoms with E-state index in [0.29, 0.717) is 5.92 Å². The summed E-state index contributed by atoms with van der Waals surface area (Å²) >= 11 is 0. The molecule has 1 aromatic carbocycles. The van der Waals surface area contributed by atoms with Gasteiger partial charge in [0.2, 0.25) is 0 Å². The third-order valence-electron chi connectivity index (χ3n) is 2.80. The minimum atomic E-state index is 0.401. The summed E-state index contributed by atoms with van der Waals surface area (Å²) in [5.74, 6) is 1.14. The molecule has 0 spiro atoms. The van der Waals surface area contributed by atoms with Gasteiger partial charge in [-0.05, 0) is 24.5 Å². The minimum Gasteiger partial charge on any atom is -0.383 e. The number of hydrogen-bond donors (Lipinski definition) is 1. The van der Waals surface area contributed by atoms with E-state index in [4.69, 9.17) is 5.73 Å². The molecule has 1 aromatic heterocycles. The number of aromatic nitrogens is 2. The van der Waals surface area contributed by atoms with Crippen LogP contribution in [-0.4, -0.2) is 9.78 Å². The van der Waals surface area contributed by atoms with Crippen LogP contribution in [0.25, 0.3) is 5.69 Å². The van der Waals surface area contributed by atoms with Gasteiger partial charge in [0.25, 0.3) is 0 Å². The summed E-state index contributed by atoms with van der Waals surface area (Å²) < 4.78 is 1.81. The van der Waals surface area contributed by atoms with Crippen LogP contribution in [0.1, 0.15) is 30.9 Å². The van der Waals surface area contributed by atoms with Crippen LogP contribution >= 0.6 is 0 Å². The first kappa shape index (κ1) is 10.7. The number of hydrogen-bond acceptors (Lipinski definition) is 2. The van der Waals surface area contributed by atoms with Gasteiger partial charge in [-0.2, -0.15) is 5.10 Å². The van der Waals surface area contributed by atoms with Crippen molar-refractivity contribution in [2.24, 2.45) is 0 Å². The van der Waals surface area contributed by atoms with Crippen molar-refractivity contribution in [3.63, 3.8) is 0 Å². The zero-order valence-corrected chi connectivity index (χ0v) is 9.94. The lowest BCUT2D eigenvalue weighted by molar-refractivity contribution is 0.866. The van der Waals surface area contributed by atoms with Crippen molar-refractivity contribution in [1.82, 2.24) is 9.78 Å². The maximum Gasteiger partial charge on any atom is 0.130 e. The van der Waals surface area contributed by atoms with Gasteiger partial charge in [-0.3, -0.25) is 0 Å². The highest BCUT2D eigenvalue weighted by Crippen LogP contribution is 2.24. The number of para-hydroxylation sites is 1. The second-order valence-electron chi connectivity index (χ2n) is 4.34. The van der Waals surface area contributed by atoms with Gasteiger partial charge in [0, 0.05) is 5.56 Å². The topological polar surface area (TPSA) is 43.8 Å². The molecule has 3 nitrogen and oxygen atoms in total. The number of benzene rings is 1. The molecule has 0 bridgehead atoms. The molecule has 0 aliphatic heterocycles. The summed E-state index contributed by atoms with van der Waals surface area (Å²) in [6, 6.07) is 8.11. The number of anilines is 1. The van der Waals surface area contributed by atoms with E-state index in [9.17, 15) is 0 Å². The van der Waals surface area contributed by atoms with Crippen LogP contribution < -0.4 is 5.73 Å². The number of aryl methyl sites for hydroxylation is 1. The fraction of sp³-hybridized carbons (Fsp3) is 0.308. The Kier molecular flexibility index (Phi) is 2.69. The van der Waals surface area contributed by atoms with Gasteiger partial charge < -0.3 is 5.73 Å². The zero-order valence-electron chi connectivity index (χ0n) is 9.94. The SMILES string of the molecule is Cc1ccccc1-n1ncc(C(C)C)c1N. The molecule has 2 aromatic rings. The fourth-order valence-electron chi connectivity index (χ4n) is 1.81. The maximum atomic E-state index is 6.11. The first-order valence-electron chi connectivity index (χ1n) is 5.50. The number of nitrogens with two attached hydrogens (primary N) is 1. The maximum absolute atomic E-state index is 6.11. The minimum absolute atomic E-state index is 0.401. The summed E-state index contributed by atoms with van der Waals surface area (Å²) in [7, 11) is 0. The van der Waals surface area contributed by atoms with Crippen molar-refractivity contribution in [3.05, 3.63) is 41.6 Å². The van der Waals surface area contributed by atoms with E-state index < -0.39 is 0 Å². The summed E-state index contributed by atoms with van der Waals surface area (Å²) in [5.41, 5.74) is 9.43. The summed E-state index contributed by atoms with van der Waals surface area (Å²) in [6.07, 6.45) is 1.85. The monoisotopic (exact) mass is 215 g/mol. The second kappa shape index (κ2) is 4.00. The lowest BCUT2D eigenvalue weighted by atomic mass is 10.1. The Morgan fingerprint density at radius 1 is 1.25 bits per heavy atom. The van der Waals surface area contributed by atoms with Crippen LogP contribution in [0.15, 0.2) is 30.5 Å². The smallest absolute Gasteiger partial charge is 0.130 e. The molecule has 0 atom stereocenters. The quantitative estimate of drug-likeness (QED) is 0.837. The zero-order chi connectivity index (χ0) is 11.7. The lowest BCUT2D eigenvalue weighted by Gasteiger charge is -2.09. The van der Waals surface area contributed by atoms with Gasteiger partial charge in [-0.15, -0.1) is 0 Å². The molecule has 0 fully saturated rings. The molecule has 84 valence electrons. The second-order valence-corrected chi connectivity index (χ2v) is 4.34. The first-order valence-corrected chi connectivity index (χ1v) is 5.50. The molecular weight excluding hydrogens is 198 g/mol. The molecule has 0 saturated heterocycles. The highest BCUT2D eigenvalue weighted by atomic mass is 15.3. The molecule has 0 radical (unpaired) electrons. The van der Waals surface area contributed by atoms with Crippen LogP contribution in [-0.2, 0) is 0 Å².